The molecule has 0 aromatic carbocycles. The van der Waals surface area contributed by atoms with E-state index in [1.54, 1.807) is 46.4 Å². The highest BCUT2D eigenvalue weighted by atomic mass is 16.8. The summed E-state index contributed by atoms with van der Waals surface area (Å²) in [5.74, 6) is -0.232. The van der Waals surface area contributed by atoms with Gasteiger partial charge in [0.1, 0.15) is 16.8 Å². The molecule has 14 nitrogen and oxygen atoms in total. The second-order valence-corrected chi connectivity index (χ2v) is 15.5. The predicted octanol–water partition coefficient (Wildman–Crippen LogP) is 6.96. The molecule has 2 heterocycles. The van der Waals surface area contributed by atoms with Gasteiger partial charge in [0.05, 0.1) is 26.1 Å². The molecule has 0 saturated carbocycles. The highest BCUT2D eigenvalue weighted by molar-refractivity contribution is 5.77. The summed E-state index contributed by atoms with van der Waals surface area (Å²) >= 11 is 0. The van der Waals surface area contributed by atoms with Crippen LogP contribution in [0.5, 0.6) is 0 Å². The van der Waals surface area contributed by atoms with Gasteiger partial charge in [-0.3, -0.25) is 9.59 Å². The predicted molar refractivity (Wildman–Crippen MR) is 196 cm³/mol. The van der Waals surface area contributed by atoms with Crippen LogP contribution in [-0.2, 0) is 38.0 Å². The topological polar surface area (TPSA) is 159 Å². The maximum atomic E-state index is 12.0. The first-order chi connectivity index (χ1) is 23.3. The lowest BCUT2D eigenvalue weighted by Crippen LogP contribution is -2.48. The van der Waals surface area contributed by atoms with Crippen LogP contribution in [0.1, 0.15) is 123 Å². The van der Waals surface area contributed by atoms with E-state index in [0.29, 0.717) is 25.4 Å². The molecule has 0 aromatic rings. The molecule has 0 aliphatic carbocycles. The van der Waals surface area contributed by atoms with Crippen molar-refractivity contribution in [3.05, 3.63) is 0 Å². The molecule has 4 atom stereocenters. The van der Waals surface area contributed by atoms with Gasteiger partial charge in [0.2, 0.25) is 0 Å². The second-order valence-electron chi connectivity index (χ2n) is 15.5. The number of carbonyl (C=O) groups is 5. The number of methoxy groups -OCH3 is 2. The zero-order valence-corrected chi connectivity index (χ0v) is 34.6. The van der Waals surface area contributed by atoms with E-state index < -0.39 is 29.1 Å². The first-order valence-electron chi connectivity index (χ1n) is 18.1. The van der Waals surface area contributed by atoms with Gasteiger partial charge in [-0.1, -0.05) is 20.8 Å². The van der Waals surface area contributed by atoms with E-state index in [0.717, 1.165) is 19.4 Å². The fourth-order valence-corrected chi connectivity index (χ4v) is 4.94. The third-order valence-corrected chi connectivity index (χ3v) is 7.48. The molecule has 51 heavy (non-hydrogen) atoms. The van der Waals surface area contributed by atoms with Crippen LogP contribution in [0.4, 0.5) is 14.4 Å². The minimum absolute atomic E-state index is 0.00213. The molecule has 1 N–H and O–H groups in total. The Labute approximate surface area is 307 Å². The fourth-order valence-electron chi connectivity index (χ4n) is 4.94. The Bertz CT molecular complexity index is 1010. The Hall–Kier alpha value is -3.13. The molecule has 2 rings (SSSR count). The van der Waals surface area contributed by atoms with Crippen molar-refractivity contribution in [1.82, 2.24) is 15.1 Å². The number of esters is 2. The zero-order valence-electron chi connectivity index (χ0n) is 34.6. The zero-order chi connectivity index (χ0) is 40.2. The fraction of sp³-hybridized carbons (Fsp3) is 0.865. The van der Waals surface area contributed by atoms with Gasteiger partial charge in [-0.05, 0) is 128 Å². The Morgan fingerprint density at radius 2 is 1.08 bits per heavy atom. The molecule has 2 saturated heterocycles. The van der Waals surface area contributed by atoms with E-state index in [4.69, 9.17) is 18.9 Å². The number of hydrogen-bond donors (Lipinski definition) is 1. The number of carbonyl (C=O) groups excluding carboxylic acids is 5. The van der Waals surface area contributed by atoms with Crippen molar-refractivity contribution in [1.29, 1.82) is 0 Å². The van der Waals surface area contributed by atoms with Gasteiger partial charge in [0.25, 0.3) is 0 Å². The number of nitrogens with one attached hydrogen (secondary N) is 1. The summed E-state index contributed by atoms with van der Waals surface area (Å²) in [6, 6.07) is 0.450. The first kappa shape index (κ1) is 50.0. The number of hydrogen-bond acceptors (Lipinski definition) is 13. The molecule has 14 heteroatoms. The largest absolute Gasteiger partial charge is 0.519 e. The summed E-state index contributed by atoms with van der Waals surface area (Å²) in [7, 11) is 2.85. The molecule has 0 bridgehead atoms. The lowest BCUT2D eigenvalue weighted by atomic mass is 9.92. The van der Waals surface area contributed by atoms with Crippen LogP contribution in [0.3, 0.4) is 0 Å². The highest BCUT2D eigenvalue weighted by Gasteiger charge is 2.35. The minimum Gasteiger partial charge on any atom is -0.469 e. The molecule has 0 radical (unpaired) electrons. The Kier molecular flexibility index (Phi) is 23.7. The standard InChI is InChI=1S/C13H23NO4.C10H18O5.C8H15NO2.C6H15N/c1-9-8-10(11(15)17-5)6-7-14(9)12(16)18-13(2,3)4;1-9(2,3)14-7(11)13-8(12)15-10(4,5)6;1-6-5-7(3-4-9-6)8(10)11-2;1-4-7(5-2)6-3/h9-10H,6-8H2,1-5H3;1-6H3;6-7,9H,3-5H2,1-2H3;4-6H2,1-3H3. The monoisotopic (exact) mass is 734 g/mol. The van der Waals surface area contributed by atoms with Crippen LogP contribution in [0, 0.1) is 11.8 Å². The maximum absolute atomic E-state index is 12.0. The molecule has 2 fully saturated rings. The molecule has 2 aliphatic rings. The van der Waals surface area contributed by atoms with Crippen molar-refractivity contribution >= 4 is 30.3 Å². The van der Waals surface area contributed by atoms with Crippen LogP contribution in [0.25, 0.3) is 0 Å². The molecule has 1 amide bonds. The smallest absolute Gasteiger partial charge is 0.469 e. The van der Waals surface area contributed by atoms with E-state index in [-0.39, 0.29) is 35.9 Å². The lowest BCUT2D eigenvalue weighted by molar-refractivity contribution is -0.148. The van der Waals surface area contributed by atoms with Crippen LogP contribution in [0.2, 0.25) is 0 Å². The van der Waals surface area contributed by atoms with E-state index >= 15 is 0 Å². The van der Waals surface area contributed by atoms with Crippen molar-refractivity contribution < 1.29 is 52.4 Å². The van der Waals surface area contributed by atoms with Gasteiger partial charge in [0.15, 0.2) is 0 Å². The van der Waals surface area contributed by atoms with Crippen molar-refractivity contribution in [2.75, 3.05) is 46.9 Å². The summed E-state index contributed by atoms with van der Waals surface area (Å²) < 4.78 is 28.6. The molecular weight excluding hydrogens is 662 g/mol. The number of piperidine rings is 2. The second kappa shape index (κ2) is 24.2. The summed E-state index contributed by atoms with van der Waals surface area (Å²) in [4.78, 5) is 60.6. The summed E-state index contributed by atoms with van der Waals surface area (Å²) in [6.07, 6.45) is 0.665. The average molecular weight is 734 g/mol. The molecule has 0 spiro atoms. The molecule has 0 aromatic heterocycles. The van der Waals surface area contributed by atoms with E-state index in [1.807, 2.05) is 27.7 Å². The number of ether oxygens (including phenoxy) is 6. The van der Waals surface area contributed by atoms with Crippen LogP contribution in [-0.4, -0.2) is 116 Å². The lowest BCUT2D eigenvalue weighted by Gasteiger charge is -2.37. The Morgan fingerprint density at radius 3 is 1.39 bits per heavy atom. The SMILES string of the molecule is CC(C)(C)OC(=O)OC(=O)OC(C)(C)C.CCN(CC)CC.COC(=O)C1CCN(C(=O)OC(C)(C)C)C(C)C1.COC(=O)C1CCNC(C)C1. The Balaban J connectivity index is 0. The molecular formula is C37H71N3O11. The van der Waals surface area contributed by atoms with Crippen molar-refractivity contribution in [2.24, 2.45) is 11.8 Å². The number of nitrogens with zero attached hydrogens (tertiary/aromatic N) is 2. The van der Waals surface area contributed by atoms with E-state index in [2.05, 4.69) is 47.4 Å². The third kappa shape index (κ3) is 25.5. The quantitative estimate of drug-likeness (QED) is 0.176. The highest BCUT2D eigenvalue weighted by Crippen LogP contribution is 2.25. The van der Waals surface area contributed by atoms with Gasteiger partial charge >= 0.3 is 30.3 Å². The van der Waals surface area contributed by atoms with Gasteiger partial charge in [-0.2, -0.15) is 0 Å². The average Bonchev–Trinajstić information content (AvgIpc) is 2.99. The van der Waals surface area contributed by atoms with Gasteiger partial charge in [-0.25, -0.2) is 14.4 Å². The molecule has 300 valence electrons. The minimum atomic E-state index is -1.06. The third-order valence-electron chi connectivity index (χ3n) is 7.48. The number of likely N-dealkylation sites (tertiary alicyclic amines) is 1. The van der Waals surface area contributed by atoms with Crippen LogP contribution in [0.15, 0.2) is 0 Å². The van der Waals surface area contributed by atoms with Crippen molar-refractivity contribution in [3.8, 4) is 0 Å². The summed E-state index contributed by atoms with van der Waals surface area (Å²) in [6.45, 7) is 31.2. The van der Waals surface area contributed by atoms with Crippen molar-refractivity contribution in [2.45, 2.75) is 152 Å². The van der Waals surface area contributed by atoms with Gasteiger partial charge in [-0.15, -0.1) is 0 Å². The molecule has 4 unspecified atom stereocenters. The molecule has 2 aliphatic heterocycles. The summed E-state index contributed by atoms with van der Waals surface area (Å²) in [5.41, 5.74) is -1.88. The first-order valence-corrected chi connectivity index (χ1v) is 18.1. The maximum Gasteiger partial charge on any atom is 0.519 e. The van der Waals surface area contributed by atoms with Gasteiger partial charge < -0.3 is 43.5 Å². The summed E-state index contributed by atoms with van der Waals surface area (Å²) in [5, 5.41) is 3.28. The number of rotatable bonds is 5. The van der Waals surface area contributed by atoms with E-state index in [1.165, 1.54) is 33.9 Å². The van der Waals surface area contributed by atoms with Crippen LogP contribution < -0.4 is 5.32 Å². The van der Waals surface area contributed by atoms with E-state index in [9.17, 15) is 24.0 Å². The van der Waals surface area contributed by atoms with Gasteiger partial charge in [0, 0.05) is 18.6 Å². The van der Waals surface area contributed by atoms with Crippen LogP contribution >= 0.6 is 0 Å². The van der Waals surface area contributed by atoms with Crippen molar-refractivity contribution in [3.63, 3.8) is 0 Å². The Morgan fingerprint density at radius 1 is 0.667 bits per heavy atom. The number of amides is 1. The normalized spacial score (nSPS) is 20.4.